The Kier molecular flexibility index (Phi) is 6.97. The molecule has 3 fully saturated rings. The van der Waals surface area contributed by atoms with Crippen LogP contribution < -0.4 is 0 Å². The van der Waals surface area contributed by atoms with Crippen LogP contribution in [0.1, 0.15) is 94.1 Å². The lowest BCUT2D eigenvalue weighted by molar-refractivity contribution is 0.112. The van der Waals surface area contributed by atoms with Crippen molar-refractivity contribution in [1.29, 1.82) is 0 Å². The Morgan fingerprint density at radius 1 is 0.750 bits per heavy atom. The normalized spacial score (nSPS) is 37.0. The molecule has 3 saturated carbocycles. The average Bonchev–Trinajstić information content (AvgIpc) is 2.76. The molecule has 0 saturated heterocycles. The lowest BCUT2D eigenvalue weighted by Crippen LogP contribution is -2.29. The molecule has 3 radical (unpaired) electrons. The second kappa shape index (κ2) is 9.45. The Bertz CT molecular complexity index is 617. The van der Waals surface area contributed by atoms with E-state index in [0.29, 0.717) is 5.92 Å². The van der Waals surface area contributed by atoms with Gasteiger partial charge < -0.3 is 0 Å². The summed E-state index contributed by atoms with van der Waals surface area (Å²) in [6, 6.07) is 7.13. The predicted octanol–water partition coefficient (Wildman–Crippen LogP) is 7.61. The number of halogens is 1. The van der Waals surface area contributed by atoms with Crippen molar-refractivity contribution in [3.8, 4) is 0 Å². The largest absolute Gasteiger partial charge is 0.207 e. The van der Waals surface area contributed by atoms with E-state index in [1.54, 1.807) is 6.07 Å². The molecule has 0 amide bonds. The first-order valence-corrected chi connectivity index (χ1v) is 12.8. The molecule has 2 heteroatoms. The van der Waals surface area contributed by atoms with Crippen molar-refractivity contribution in [3.63, 3.8) is 0 Å². The van der Waals surface area contributed by atoms with Gasteiger partial charge in [0.05, 0.1) is 0 Å². The fourth-order valence-corrected chi connectivity index (χ4v) is 7.15. The van der Waals surface area contributed by atoms with Gasteiger partial charge in [-0.1, -0.05) is 31.0 Å². The molecule has 0 N–H and O–H groups in total. The van der Waals surface area contributed by atoms with Crippen LogP contribution in [0.3, 0.4) is 0 Å². The third kappa shape index (κ3) is 4.74. The topological polar surface area (TPSA) is 0 Å². The van der Waals surface area contributed by atoms with Crippen LogP contribution in [0.4, 0.5) is 4.39 Å². The highest BCUT2D eigenvalue weighted by atomic mass is 28.1. The summed E-state index contributed by atoms with van der Waals surface area (Å²) in [5.41, 5.74) is 2.01. The number of rotatable bonds is 4. The standard InChI is InChI=1S/C26H38FSi/c1-18-2-5-25(16-26(18)27)24-14-12-23(13-15-24)22-10-8-21(9-11-22)20-6-3-19(17-28)4-7-20/h2,5,16,19-24H,3-4,6-15,17H2,1H3. The van der Waals surface area contributed by atoms with Crippen LogP contribution >= 0.6 is 0 Å². The molecule has 0 spiro atoms. The highest BCUT2D eigenvalue weighted by Gasteiger charge is 2.34. The molecular formula is C26H38FSi. The number of hydrogen-bond donors (Lipinski definition) is 0. The Hall–Kier alpha value is -0.633. The summed E-state index contributed by atoms with van der Waals surface area (Å²) in [4.78, 5) is 0. The third-order valence-corrected chi connectivity index (χ3v) is 9.35. The minimum absolute atomic E-state index is 0.0250. The first-order chi connectivity index (χ1) is 13.6. The lowest BCUT2D eigenvalue weighted by Gasteiger charge is -2.41. The molecule has 3 aliphatic rings. The van der Waals surface area contributed by atoms with E-state index in [0.717, 1.165) is 35.2 Å². The number of aryl methyl sites for hydroxylation is 1. The minimum Gasteiger partial charge on any atom is -0.207 e. The van der Waals surface area contributed by atoms with Gasteiger partial charge in [0.15, 0.2) is 0 Å². The summed E-state index contributed by atoms with van der Waals surface area (Å²) in [5.74, 6) is 5.49. The Morgan fingerprint density at radius 2 is 1.21 bits per heavy atom. The van der Waals surface area contributed by atoms with Crippen LogP contribution in [-0.4, -0.2) is 10.2 Å². The van der Waals surface area contributed by atoms with Crippen LogP contribution in [0.2, 0.25) is 6.04 Å². The second-order valence-electron chi connectivity index (χ2n) is 10.3. The van der Waals surface area contributed by atoms with E-state index >= 15 is 0 Å². The van der Waals surface area contributed by atoms with E-state index in [-0.39, 0.29) is 5.82 Å². The van der Waals surface area contributed by atoms with Crippen molar-refractivity contribution in [2.24, 2.45) is 29.6 Å². The molecule has 1 aromatic rings. The molecule has 0 aromatic heterocycles. The van der Waals surface area contributed by atoms with Gasteiger partial charge in [-0.2, -0.15) is 0 Å². The van der Waals surface area contributed by atoms with Crippen molar-refractivity contribution < 1.29 is 4.39 Å². The van der Waals surface area contributed by atoms with Crippen LogP contribution in [-0.2, 0) is 0 Å². The SMILES string of the molecule is Cc1ccc(C2CCC(C3CCC(C4CCC(C[Si])CC4)CC3)CC2)cc1F. The smallest absolute Gasteiger partial charge is 0.126 e. The summed E-state index contributed by atoms with van der Waals surface area (Å²) in [7, 11) is 3.73. The first kappa shape index (κ1) is 20.6. The Balaban J connectivity index is 1.22. The van der Waals surface area contributed by atoms with Gasteiger partial charge in [-0.3, -0.25) is 0 Å². The molecular weight excluding hydrogens is 359 g/mol. The number of hydrogen-bond acceptors (Lipinski definition) is 0. The Labute approximate surface area is 175 Å². The third-order valence-electron chi connectivity index (χ3n) is 8.77. The van der Waals surface area contributed by atoms with Crippen LogP contribution in [0.15, 0.2) is 18.2 Å². The van der Waals surface area contributed by atoms with Gasteiger partial charge in [-0.15, -0.1) is 0 Å². The summed E-state index contributed by atoms with van der Waals surface area (Å²) in [6.07, 6.45) is 17.1. The summed E-state index contributed by atoms with van der Waals surface area (Å²) < 4.78 is 13.9. The quantitative estimate of drug-likeness (QED) is 0.459. The molecule has 0 heterocycles. The van der Waals surface area contributed by atoms with E-state index in [2.05, 4.69) is 16.3 Å². The highest BCUT2D eigenvalue weighted by molar-refractivity contribution is 6.08. The van der Waals surface area contributed by atoms with Crippen molar-refractivity contribution in [2.45, 2.75) is 95.9 Å². The molecule has 0 nitrogen and oxygen atoms in total. The Morgan fingerprint density at radius 3 is 1.68 bits per heavy atom. The van der Waals surface area contributed by atoms with Gasteiger partial charge in [0, 0.05) is 10.2 Å². The first-order valence-electron chi connectivity index (χ1n) is 12.0. The van der Waals surface area contributed by atoms with Crippen molar-refractivity contribution in [2.75, 3.05) is 0 Å². The average molecular weight is 398 g/mol. The summed E-state index contributed by atoms with van der Waals surface area (Å²) >= 11 is 0. The van der Waals surface area contributed by atoms with E-state index in [1.807, 2.05) is 13.0 Å². The molecule has 1 aromatic carbocycles. The lowest BCUT2D eigenvalue weighted by atomic mass is 9.65. The van der Waals surface area contributed by atoms with Crippen LogP contribution in [0, 0.1) is 42.3 Å². The maximum Gasteiger partial charge on any atom is 0.126 e. The molecule has 0 aliphatic heterocycles. The zero-order valence-corrected chi connectivity index (χ0v) is 18.8. The van der Waals surface area contributed by atoms with Gasteiger partial charge in [0.2, 0.25) is 0 Å². The van der Waals surface area contributed by atoms with Gasteiger partial charge in [-0.05, 0) is 124 Å². The summed E-state index contributed by atoms with van der Waals surface area (Å²) in [5, 5.41) is 0. The van der Waals surface area contributed by atoms with Gasteiger partial charge >= 0.3 is 0 Å². The van der Waals surface area contributed by atoms with E-state index in [4.69, 9.17) is 0 Å². The summed E-state index contributed by atoms with van der Waals surface area (Å²) in [6.45, 7) is 1.86. The highest BCUT2D eigenvalue weighted by Crippen LogP contribution is 2.47. The molecule has 4 rings (SSSR count). The van der Waals surface area contributed by atoms with E-state index in [9.17, 15) is 4.39 Å². The molecule has 0 bridgehead atoms. The predicted molar refractivity (Wildman–Crippen MR) is 117 cm³/mol. The zero-order chi connectivity index (χ0) is 19.5. The van der Waals surface area contributed by atoms with Crippen molar-refractivity contribution in [1.82, 2.24) is 0 Å². The molecule has 3 aliphatic carbocycles. The van der Waals surface area contributed by atoms with E-state index in [1.165, 1.54) is 88.7 Å². The van der Waals surface area contributed by atoms with Gasteiger partial charge in [-0.25, -0.2) is 4.39 Å². The minimum atomic E-state index is -0.0250. The number of benzene rings is 1. The molecule has 0 atom stereocenters. The maximum absolute atomic E-state index is 13.9. The maximum atomic E-state index is 13.9. The fraction of sp³-hybridized carbons (Fsp3) is 0.769. The monoisotopic (exact) mass is 397 g/mol. The molecule has 0 unspecified atom stereocenters. The van der Waals surface area contributed by atoms with Crippen molar-refractivity contribution in [3.05, 3.63) is 35.1 Å². The zero-order valence-electron chi connectivity index (χ0n) is 17.8. The van der Waals surface area contributed by atoms with Crippen LogP contribution in [0.25, 0.3) is 0 Å². The molecule has 28 heavy (non-hydrogen) atoms. The van der Waals surface area contributed by atoms with E-state index < -0.39 is 0 Å². The fourth-order valence-electron chi connectivity index (χ4n) is 6.74. The second-order valence-corrected chi connectivity index (χ2v) is 10.7. The van der Waals surface area contributed by atoms with Crippen molar-refractivity contribution >= 4 is 10.2 Å². The van der Waals surface area contributed by atoms with Crippen LogP contribution in [0.5, 0.6) is 0 Å². The van der Waals surface area contributed by atoms with Gasteiger partial charge in [0.1, 0.15) is 5.82 Å². The molecule has 153 valence electrons. The van der Waals surface area contributed by atoms with Gasteiger partial charge in [0.25, 0.3) is 0 Å².